The minimum Gasteiger partial charge on any atom is -0.497 e. The van der Waals surface area contributed by atoms with Crippen LogP contribution in [-0.4, -0.2) is 27.3 Å². The molecule has 172 valence electrons. The van der Waals surface area contributed by atoms with Crippen molar-refractivity contribution >= 4 is 12.0 Å². The van der Waals surface area contributed by atoms with Gasteiger partial charge in [0.1, 0.15) is 23.0 Å². The molecule has 2 aliphatic rings. The van der Waals surface area contributed by atoms with Gasteiger partial charge in [0.05, 0.1) is 26.9 Å². The maximum absolute atomic E-state index is 12.9. The average molecular weight is 447 g/mol. The predicted molar refractivity (Wildman–Crippen MR) is 128 cm³/mol. The second-order valence-corrected chi connectivity index (χ2v) is 8.14. The van der Waals surface area contributed by atoms with Gasteiger partial charge in [0.25, 0.3) is 0 Å². The number of allylic oxidation sites excluding steroid dienone is 3. The summed E-state index contributed by atoms with van der Waals surface area (Å²) in [5.41, 5.74) is 4.99. The second-order valence-electron chi connectivity index (χ2n) is 8.14. The molecule has 0 N–H and O–H groups in total. The van der Waals surface area contributed by atoms with Gasteiger partial charge in [0, 0.05) is 12.3 Å². The summed E-state index contributed by atoms with van der Waals surface area (Å²) in [5, 5.41) is 0. The summed E-state index contributed by atoms with van der Waals surface area (Å²) in [6, 6.07) is 15.9. The topological polar surface area (TPSA) is 54.0 Å². The Kier molecular flexibility index (Phi) is 6.87. The molecular formula is C28H30O5. The second kappa shape index (κ2) is 9.99. The smallest absolute Gasteiger partial charge is 0.338 e. The molecule has 1 unspecified atom stereocenters. The van der Waals surface area contributed by atoms with Crippen LogP contribution in [0.5, 0.6) is 11.5 Å². The lowest BCUT2D eigenvalue weighted by Crippen LogP contribution is -2.25. The molecule has 2 aromatic carbocycles. The van der Waals surface area contributed by atoms with Crippen LogP contribution in [0.25, 0.3) is 6.08 Å². The van der Waals surface area contributed by atoms with Gasteiger partial charge in [-0.1, -0.05) is 31.2 Å². The van der Waals surface area contributed by atoms with Crippen LogP contribution in [0.1, 0.15) is 49.7 Å². The fourth-order valence-electron chi connectivity index (χ4n) is 4.63. The summed E-state index contributed by atoms with van der Waals surface area (Å²) < 4.78 is 22.3. The van der Waals surface area contributed by atoms with Crippen LogP contribution < -0.4 is 9.47 Å². The third-order valence-electron chi connectivity index (χ3n) is 6.27. The van der Waals surface area contributed by atoms with Gasteiger partial charge in [-0.15, -0.1) is 0 Å². The maximum atomic E-state index is 12.9. The van der Waals surface area contributed by atoms with Crippen LogP contribution in [0.2, 0.25) is 0 Å². The number of hydrogen-bond donors (Lipinski definition) is 0. The van der Waals surface area contributed by atoms with Crippen LogP contribution in [0.15, 0.2) is 76.8 Å². The SMILES string of the molecule is CCC1=C(C(=O)OC)C(c2ccc(OC)cc2)C2=C(O1)/C(=C/c1ccc(OC)cc1)CCC2. The number of benzene rings is 2. The zero-order valence-electron chi connectivity index (χ0n) is 19.6. The zero-order chi connectivity index (χ0) is 23.4. The number of rotatable bonds is 6. The molecule has 5 nitrogen and oxygen atoms in total. The van der Waals surface area contributed by atoms with Crippen molar-refractivity contribution in [2.24, 2.45) is 0 Å². The molecule has 1 atom stereocenters. The van der Waals surface area contributed by atoms with Gasteiger partial charge >= 0.3 is 5.97 Å². The quantitative estimate of drug-likeness (QED) is 0.496. The van der Waals surface area contributed by atoms with Crippen molar-refractivity contribution in [1.82, 2.24) is 0 Å². The van der Waals surface area contributed by atoms with E-state index in [0.29, 0.717) is 17.8 Å². The van der Waals surface area contributed by atoms with E-state index in [2.05, 4.69) is 6.08 Å². The molecule has 4 rings (SSSR count). The normalized spacial score (nSPS) is 19.2. The van der Waals surface area contributed by atoms with Crippen LogP contribution >= 0.6 is 0 Å². The molecule has 2 aromatic rings. The van der Waals surface area contributed by atoms with E-state index in [4.69, 9.17) is 18.9 Å². The monoisotopic (exact) mass is 446 g/mol. The number of ether oxygens (including phenoxy) is 4. The lowest BCUT2D eigenvalue weighted by Gasteiger charge is -2.35. The molecule has 1 aliphatic heterocycles. The first-order chi connectivity index (χ1) is 16.1. The summed E-state index contributed by atoms with van der Waals surface area (Å²) in [4.78, 5) is 12.9. The van der Waals surface area contributed by atoms with Crippen molar-refractivity contribution in [1.29, 1.82) is 0 Å². The van der Waals surface area contributed by atoms with Gasteiger partial charge in [0.15, 0.2) is 0 Å². The molecule has 0 bridgehead atoms. The fourth-order valence-corrected chi connectivity index (χ4v) is 4.63. The first-order valence-electron chi connectivity index (χ1n) is 11.3. The summed E-state index contributed by atoms with van der Waals surface area (Å²) in [5.74, 6) is 2.62. The van der Waals surface area contributed by atoms with E-state index in [1.165, 1.54) is 7.11 Å². The van der Waals surface area contributed by atoms with Crippen molar-refractivity contribution in [3.8, 4) is 11.5 Å². The van der Waals surface area contributed by atoms with Crippen LogP contribution in [0, 0.1) is 0 Å². The van der Waals surface area contributed by atoms with Crippen molar-refractivity contribution in [2.45, 2.75) is 38.5 Å². The molecule has 1 aliphatic carbocycles. The lowest BCUT2D eigenvalue weighted by atomic mass is 9.75. The molecule has 0 radical (unpaired) electrons. The molecule has 0 spiro atoms. The van der Waals surface area contributed by atoms with E-state index in [0.717, 1.165) is 58.8 Å². The number of carbonyl (C=O) groups excluding carboxylic acids is 1. The molecule has 0 fully saturated rings. The van der Waals surface area contributed by atoms with Crippen molar-refractivity contribution in [3.05, 3.63) is 87.9 Å². The van der Waals surface area contributed by atoms with E-state index < -0.39 is 0 Å². The average Bonchev–Trinajstić information content (AvgIpc) is 2.87. The van der Waals surface area contributed by atoms with Crippen LogP contribution in [-0.2, 0) is 14.3 Å². The Bertz CT molecular complexity index is 1100. The van der Waals surface area contributed by atoms with E-state index in [9.17, 15) is 4.79 Å². The summed E-state index contributed by atoms with van der Waals surface area (Å²) >= 11 is 0. The van der Waals surface area contributed by atoms with E-state index in [1.807, 2.05) is 55.5 Å². The van der Waals surface area contributed by atoms with Gasteiger partial charge < -0.3 is 18.9 Å². The highest BCUT2D eigenvalue weighted by Crippen LogP contribution is 2.48. The van der Waals surface area contributed by atoms with Gasteiger partial charge in [0.2, 0.25) is 0 Å². The fraction of sp³-hybridized carbons (Fsp3) is 0.321. The molecule has 0 saturated carbocycles. The zero-order valence-corrected chi connectivity index (χ0v) is 19.6. The Hall–Kier alpha value is -3.47. The van der Waals surface area contributed by atoms with Crippen LogP contribution in [0.3, 0.4) is 0 Å². The minimum atomic E-state index is -0.342. The number of esters is 1. The van der Waals surface area contributed by atoms with Gasteiger partial charge in [-0.2, -0.15) is 0 Å². The first-order valence-corrected chi connectivity index (χ1v) is 11.3. The Labute approximate surface area is 195 Å². The van der Waals surface area contributed by atoms with Crippen molar-refractivity contribution in [3.63, 3.8) is 0 Å². The molecule has 0 aromatic heterocycles. The molecule has 1 heterocycles. The maximum Gasteiger partial charge on any atom is 0.338 e. The Morgan fingerprint density at radius 1 is 0.970 bits per heavy atom. The lowest BCUT2D eigenvalue weighted by molar-refractivity contribution is -0.136. The summed E-state index contributed by atoms with van der Waals surface area (Å²) in [7, 11) is 4.74. The third-order valence-corrected chi connectivity index (χ3v) is 6.27. The van der Waals surface area contributed by atoms with Crippen molar-refractivity contribution < 1.29 is 23.7 Å². The Balaban J connectivity index is 1.83. The Morgan fingerprint density at radius 2 is 1.61 bits per heavy atom. The number of methoxy groups -OCH3 is 3. The van der Waals surface area contributed by atoms with Gasteiger partial charge in [-0.3, -0.25) is 0 Å². The highest BCUT2D eigenvalue weighted by Gasteiger charge is 2.38. The third kappa shape index (κ3) is 4.54. The first kappa shape index (κ1) is 22.7. The standard InChI is InChI=1S/C28H30O5/c1-5-24-26(28(29)32-4)25(19-11-15-22(31-3)16-12-19)23-8-6-7-20(27(23)33-24)17-18-9-13-21(30-2)14-10-18/h9-17,25H,5-8H2,1-4H3/b20-17+. The van der Waals surface area contributed by atoms with E-state index >= 15 is 0 Å². The van der Waals surface area contributed by atoms with Gasteiger partial charge in [-0.25, -0.2) is 4.79 Å². The molecule has 0 amide bonds. The highest BCUT2D eigenvalue weighted by atomic mass is 16.5. The van der Waals surface area contributed by atoms with E-state index in [-0.39, 0.29) is 11.9 Å². The minimum absolute atomic E-state index is 0.207. The van der Waals surface area contributed by atoms with Crippen molar-refractivity contribution in [2.75, 3.05) is 21.3 Å². The Morgan fingerprint density at radius 3 is 2.18 bits per heavy atom. The van der Waals surface area contributed by atoms with Gasteiger partial charge in [-0.05, 0) is 71.9 Å². The molecule has 0 saturated heterocycles. The molecule has 33 heavy (non-hydrogen) atoms. The largest absolute Gasteiger partial charge is 0.497 e. The van der Waals surface area contributed by atoms with E-state index in [1.54, 1.807) is 14.2 Å². The number of hydrogen-bond acceptors (Lipinski definition) is 5. The highest BCUT2D eigenvalue weighted by molar-refractivity contribution is 5.92. The molecule has 5 heteroatoms. The summed E-state index contributed by atoms with van der Waals surface area (Å²) in [6.07, 6.45) is 5.56. The number of carbonyl (C=O) groups is 1. The predicted octanol–water partition coefficient (Wildman–Crippen LogP) is 6.18. The molecular weight excluding hydrogens is 416 g/mol. The summed E-state index contributed by atoms with van der Waals surface area (Å²) in [6.45, 7) is 2.00. The van der Waals surface area contributed by atoms with Crippen LogP contribution in [0.4, 0.5) is 0 Å².